The third-order valence-corrected chi connectivity index (χ3v) is 3.92. The number of para-hydroxylation sites is 1. The molecule has 0 saturated carbocycles. The number of benzene rings is 2. The van der Waals surface area contributed by atoms with Crippen molar-refractivity contribution < 1.29 is 14.6 Å². The van der Waals surface area contributed by atoms with E-state index in [4.69, 9.17) is 16.3 Å². The molecule has 0 aliphatic carbocycles. The Hall–Kier alpha value is -2.00. The number of carboxylic acid groups (broad SMARTS) is 1. The molecule has 0 spiro atoms. The molecule has 1 N–H and O–H groups in total. The standard InChI is InChI=1S/C18H19ClO3/c1-11-8-12(2)14(13(3)9-11)10-17(18(20)21)22-16-7-5-4-6-15(16)19/h4-9,17H,10H2,1-3H3,(H,20,21). The summed E-state index contributed by atoms with van der Waals surface area (Å²) >= 11 is 6.04. The number of carboxylic acids is 1. The summed E-state index contributed by atoms with van der Waals surface area (Å²) in [4.78, 5) is 11.5. The van der Waals surface area contributed by atoms with Crippen LogP contribution in [0.2, 0.25) is 5.02 Å². The molecular weight excluding hydrogens is 300 g/mol. The average Bonchev–Trinajstić information content (AvgIpc) is 2.43. The summed E-state index contributed by atoms with van der Waals surface area (Å²) in [5, 5.41) is 9.86. The fourth-order valence-electron chi connectivity index (χ4n) is 2.59. The number of halogens is 1. The SMILES string of the molecule is Cc1cc(C)c(CC(Oc2ccccc2Cl)C(=O)O)c(C)c1. The van der Waals surface area contributed by atoms with Gasteiger partial charge >= 0.3 is 5.97 Å². The van der Waals surface area contributed by atoms with Crippen LogP contribution in [0, 0.1) is 20.8 Å². The lowest BCUT2D eigenvalue weighted by Crippen LogP contribution is -2.30. The lowest BCUT2D eigenvalue weighted by molar-refractivity contribution is -0.145. The van der Waals surface area contributed by atoms with Gasteiger partial charge < -0.3 is 9.84 Å². The van der Waals surface area contributed by atoms with Crippen LogP contribution < -0.4 is 4.74 Å². The Bertz CT molecular complexity index is 671. The number of hydrogen-bond acceptors (Lipinski definition) is 2. The van der Waals surface area contributed by atoms with Gasteiger partial charge in [0.05, 0.1) is 5.02 Å². The quantitative estimate of drug-likeness (QED) is 0.892. The molecule has 0 fully saturated rings. The van der Waals surface area contributed by atoms with Crippen LogP contribution in [-0.2, 0) is 11.2 Å². The predicted octanol–water partition coefficient (Wildman–Crippen LogP) is 4.34. The van der Waals surface area contributed by atoms with Crippen molar-refractivity contribution in [3.63, 3.8) is 0 Å². The van der Waals surface area contributed by atoms with Crippen molar-refractivity contribution in [1.82, 2.24) is 0 Å². The average molecular weight is 319 g/mol. The van der Waals surface area contributed by atoms with E-state index in [2.05, 4.69) is 12.1 Å². The molecule has 0 saturated heterocycles. The van der Waals surface area contributed by atoms with Gasteiger partial charge in [-0.25, -0.2) is 4.79 Å². The number of aliphatic carboxylic acids is 1. The van der Waals surface area contributed by atoms with Crippen LogP contribution >= 0.6 is 11.6 Å². The largest absolute Gasteiger partial charge is 0.478 e. The molecule has 4 heteroatoms. The van der Waals surface area contributed by atoms with E-state index in [0.717, 1.165) is 22.3 Å². The Balaban J connectivity index is 2.27. The van der Waals surface area contributed by atoms with E-state index in [1.54, 1.807) is 24.3 Å². The molecule has 0 amide bonds. The summed E-state index contributed by atoms with van der Waals surface area (Å²) in [5.41, 5.74) is 4.32. The lowest BCUT2D eigenvalue weighted by atomic mass is 9.95. The van der Waals surface area contributed by atoms with Gasteiger partial charge in [-0.1, -0.05) is 41.4 Å². The minimum atomic E-state index is -1.00. The molecule has 0 heterocycles. The van der Waals surface area contributed by atoms with Crippen molar-refractivity contribution in [3.05, 3.63) is 63.7 Å². The first kappa shape index (κ1) is 16.4. The highest BCUT2D eigenvalue weighted by Gasteiger charge is 2.23. The van der Waals surface area contributed by atoms with Gasteiger partial charge in [-0.3, -0.25) is 0 Å². The molecular formula is C18H19ClO3. The smallest absolute Gasteiger partial charge is 0.345 e. The highest BCUT2D eigenvalue weighted by Crippen LogP contribution is 2.26. The second-order valence-corrected chi connectivity index (χ2v) is 5.86. The zero-order valence-corrected chi connectivity index (χ0v) is 13.6. The van der Waals surface area contributed by atoms with E-state index in [-0.39, 0.29) is 0 Å². The summed E-state index contributed by atoms with van der Waals surface area (Å²) in [5.74, 6) is -0.613. The van der Waals surface area contributed by atoms with Gasteiger partial charge in [-0.2, -0.15) is 0 Å². The third kappa shape index (κ3) is 3.80. The van der Waals surface area contributed by atoms with E-state index in [1.165, 1.54) is 0 Å². The Labute approximate surface area is 135 Å². The Kier molecular flexibility index (Phi) is 5.09. The third-order valence-electron chi connectivity index (χ3n) is 3.61. The number of rotatable bonds is 5. The molecule has 0 radical (unpaired) electrons. The maximum absolute atomic E-state index is 11.5. The van der Waals surface area contributed by atoms with Gasteiger partial charge in [0.2, 0.25) is 0 Å². The Morgan fingerprint density at radius 1 is 1.18 bits per heavy atom. The van der Waals surface area contributed by atoms with Crippen molar-refractivity contribution in [1.29, 1.82) is 0 Å². The molecule has 22 heavy (non-hydrogen) atoms. The molecule has 0 aromatic heterocycles. The summed E-state index contributed by atoms with van der Waals surface area (Å²) in [6.45, 7) is 6.01. The van der Waals surface area contributed by atoms with Gasteiger partial charge in [0.15, 0.2) is 6.10 Å². The molecule has 116 valence electrons. The zero-order chi connectivity index (χ0) is 16.3. The fraction of sp³-hybridized carbons (Fsp3) is 0.278. The minimum Gasteiger partial charge on any atom is -0.478 e. The summed E-state index contributed by atoms with van der Waals surface area (Å²) in [6.07, 6.45) is -0.668. The minimum absolute atomic E-state index is 0.304. The molecule has 2 aromatic carbocycles. The van der Waals surface area contributed by atoms with Crippen LogP contribution in [-0.4, -0.2) is 17.2 Å². The Morgan fingerprint density at radius 3 is 2.32 bits per heavy atom. The van der Waals surface area contributed by atoms with Crippen LogP contribution in [0.5, 0.6) is 5.75 Å². The van der Waals surface area contributed by atoms with Crippen LogP contribution in [0.25, 0.3) is 0 Å². The number of ether oxygens (including phenoxy) is 1. The van der Waals surface area contributed by atoms with Crippen molar-refractivity contribution in [2.45, 2.75) is 33.3 Å². The number of carbonyl (C=O) groups is 1. The van der Waals surface area contributed by atoms with Crippen molar-refractivity contribution in [3.8, 4) is 5.75 Å². The van der Waals surface area contributed by atoms with Crippen LogP contribution in [0.4, 0.5) is 0 Å². The highest BCUT2D eigenvalue weighted by atomic mass is 35.5. The van der Waals surface area contributed by atoms with Gasteiger partial charge in [-0.15, -0.1) is 0 Å². The first-order valence-electron chi connectivity index (χ1n) is 7.09. The maximum Gasteiger partial charge on any atom is 0.345 e. The summed E-state index contributed by atoms with van der Waals surface area (Å²) < 4.78 is 5.62. The molecule has 0 aliphatic rings. The summed E-state index contributed by atoms with van der Waals surface area (Å²) in [7, 11) is 0. The van der Waals surface area contributed by atoms with E-state index in [1.807, 2.05) is 20.8 Å². The van der Waals surface area contributed by atoms with Gasteiger partial charge in [0.1, 0.15) is 5.75 Å². The molecule has 0 bridgehead atoms. The predicted molar refractivity (Wildman–Crippen MR) is 87.9 cm³/mol. The normalized spacial score (nSPS) is 12.0. The molecule has 3 nitrogen and oxygen atoms in total. The van der Waals surface area contributed by atoms with Crippen molar-refractivity contribution in [2.24, 2.45) is 0 Å². The van der Waals surface area contributed by atoms with Crippen molar-refractivity contribution >= 4 is 17.6 Å². The monoisotopic (exact) mass is 318 g/mol. The first-order chi connectivity index (χ1) is 10.4. The maximum atomic E-state index is 11.5. The zero-order valence-electron chi connectivity index (χ0n) is 12.9. The molecule has 1 unspecified atom stereocenters. The lowest BCUT2D eigenvalue weighted by Gasteiger charge is -2.19. The molecule has 2 rings (SSSR count). The van der Waals surface area contributed by atoms with Gasteiger partial charge in [0, 0.05) is 6.42 Å². The van der Waals surface area contributed by atoms with E-state index in [0.29, 0.717) is 17.2 Å². The van der Waals surface area contributed by atoms with Crippen LogP contribution in [0.3, 0.4) is 0 Å². The van der Waals surface area contributed by atoms with Gasteiger partial charge in [-0.05, 0) is 49.6 Å². The first-order valence-corrected chi connectivity index (χ1v) is 7.47. The molecule has 1 atom stereocenters. The second-order valence-electron chi connectivity index (χ2n) is 5.46. The van der Waals surface area contributed by atoms with E-state index in [9.17, 15) is 9.90 Å². The summed E-state index contributed by atoms with van der Waals surface area (Å²) in [6, 6.07) is 11.0. The van der Waals surface area contributed by atoms with Gasteiger partial charge in [0.25, 0.3) is 0 Å². The van der Waals surface area contributed by atoms with Crippen LogP contribution in [0.15, 0.2) is 36.4 Å². The topological polar surface area (TPSA) is 46.5 Å². The second kappa shape index (κ2) is 6.84. The number of aryl methyl sites for hydroxylation is 3. The number of hydrogen-bond donors (Lipinski definition) is 1. The highest BCUT2D eigenvalue weighted by molar-refractivity contribution is 6.32. The molecule has 0 aliphatic heterocycles. The van der Waals surface area contributed by atoms with Crippen LogP contribution in [0.1, 0.15) is 22.3 Å². The fourth-order valence-corrected chi connectivity index (χ4v) is 2.77. The van der Waals surface area contributed by atoms with E-state index >= 15 is 0 Å². The van der Waals surface area contributed by atoms with E-state index < -0.39 is 12.1 Å². The Morgan fingerprint density at radius 2 is 1.77 bits per heavy atom. The molecule has 2 aromatic rings. The van der Waals surface area contributed by atoms with Crippen molar-refractivity contribution in [2.75, 3.05) is 0 Å².